The fourth-order valence-corrected chi connectivity index (χ4v) is 4.95. The van der Waals surface area contributed by atoms with Crippen LogP contribution >= 0.6 is 0 Å². The lowest BCUT2D eigenvalue weighted by Crippen LogP contribution is -2.45. The Morgan fingerprint density at radius 3 is 2.69 bits per heavy atom. The summed E-state index contributed by atoms with van der Waals surface area (Å²) in [6, 6.07) is 9.91. The maximum atomic E-state index is 13.0. The van der Waals surface area contributed by atoms with Crippen LogP contribution in [0.25, 0.3) is 0 Å². The number of carbonyl (C=O) groups is 2. The van der Waals surface area contributed by atoms with Crippen LogP contribution < -0.4 is 0 Å². The van der Waals surface area contributed by atoms with E-state index in [1.807, 2.05) is 35.2 Å². The van der Waals surface area contributed by atoms with Crippen LogP contribution in [0.2, 0.25) is 0 Å². The van der Waals surface area contributed by atoms with Crippen molar-refractivity contribution in [1.82, 2.24) is 9.96 Å². The minimum atomic E-state index is -0.0375. The molecule has 0 N–H and O–H groups in total. The van der Waals surface area contributed by atoms with Gasteiger partial charge in [0, 0.05) is 31.0 Å². The van der Waals surface area contributed by atoms with E-state index in [1.165, 1.54) is 0 Å². The average Bonchev–Trinajstić information content (AvgIpc) is 3.30. The lowest BCUT2D eigenvalue weighted by atomic mass is 9.76. The van der Waals surface area contributed by atoms with Gasteiger partial charge in [-0.25, -0.2) is 5.06 Å². The minimum Gasteiger partial charge on any atom is -0.342 e. The highest BCUT2D eigenvalue weighted by Crippen LogP contribution is 2.50. The van der Waals surface area contributed by atoms with E-state index in [2.05, 4.69) is 0 Å². The summed E-state index contributed by atoms with van der Waals surface area (Å²) in [5.74, 6) is 0.343. The van der Waals surface area contributed by atoms with Crippen molar-refractivity contribution in [3.8, 4) is 0 Å². The number of rotatable bonds is 3. The Hall–Kier alpha value is -1.88. The Labute approximate surface area is 155 Å². The van der Waals surface area contributed by atoms with Crippen LogP contribution in [-0.2, 0) is 20.8 Å². The smallest absolute Gasteiger partial charge is 0.249 e. The second-order valence-electron chi connectivity index (χ2n) is 8.02. The number of carbonyl (C=O) groups excluding carboxylic acids is 2. The van der Waals surface area contributed by atoms with Gasteiger partial charge in [0.25, 0.3) is 0 Å². The Morgan fingerprint density at radius 2 is 1.92 bits per heavy atom. The first-order chi connectivity index (χ1) is 12.7. The highest BCUT2D eigenvalue weighted by molar-refractivity contribution is 5.81. The molecule has 2 atom stereocenters. The number of likely N-dealkylation sites (tertiary alicyclic amines) is 1. The number of benzene rings is 1. The molecule has 0 bridgehead atoms. The molecule has 1 aliphatic carbocycles. The van der Waals surface area contributed by atoms with E-state index in [-0.39, 0.29) is 23.1 Å². The summed E-state index contributed by atoms with van der Waals surface area (Å²) < 4.78 is 0. The molecule has 2 aliphatic heterocycles. The normalized spacial score (nSPS) is 28.7. The van der Waals surface area contributed by atoms with Gasteiger partial charge in [-0.05, 0) is 37.7 Å². The molecule has 3 aliphatic rings. The summed E-state index contributed by atoms with van der Waals surface area (Å²) in [7, 11) is 0. The topological polar surface area (TPSA) is 49.9 Å². The van der Waals surface area contributed by atoms with Gasteiger partial charge in [-0.3, -0.25) is 14.4 Å². The van der Waals surface area contributed by atoms with E-state index in [0.29, 0.717) is 19.6 Å². The summed E-state index contributed by atoms with van der Waals surface area (Å²) in [6.45, 7) is 2.86. The van der Waals surface area contributed by atoms with Gasteiger partial charge in [-0.2, -0.15) is 0 Å². The van der Waals surface area contributed by atoms with Gasteiger partial charge in [-0.15, -0.1) is 0 Å². The third kappa shape index (κ3) is 3.37. The van der Waals surface area contributed by atoms with E-state index in [9.17, 15) is 9.59 Å². The number of hydrogen-bond acceptors (Lipinski definition) is 3. The molecular formula is C21H28N2O3. The zero-order chi connectivity index (χ0) is 18.0. The number of hydroxylamine groups is 2. The summed E-state index contributed by atoms with van der Waals surface area (Å²) in [6.07, 6.45) is 6.49. The second-order valence-corrected chi connectivity index (χ2v) is 8.02. The number of amides is 2. The van der Waals surface area contributed by atoms with Gasteiger partial charge >= 0.3 is 0 Å². The summed E-state index contributed by atoms with van der Waals surface area (Å²) in [4.78, 5) is 33.4. The van der Waals surface area contributed by atoms with E-state index in [4.69, 9.17) is 4.84 Å². The van der Waals surface area contributed by atoms with Crippen molar-refractivity contribution >= 4 is 11.8 Å². The van der Waals surface area contributed by atoms with Crippen LogP contribution in [0.4, 0.5) is 0 Å². The Bertz CT molecular complexity index is 656. The summed E-state index contributed by atoms with van der Waals surface area (Å²) in [5.41, 5.74) is 1.02. The first-order valence-electron chi connectivity index (χ1n) is 9.94. The van der Waals surface area contributed by atoms with Crippen LogP contribution in [0.15, 0.2) is 30.3 Å². The van der Waals surface area contributed by atoms with Crippen LogP contribution in [0.3, 0.4) is 0 Å². The molecule has 5 nitrogen and oxygen atoms in total. The van der Waals surface area contributed by atoms with Crippen molar-refractivity contribution in [2.45, 2.75) is 44.9 Å². The van der Waals surface area contributed by atoms with Crippen molar-refractivity contribution in [1.29, 1.82) is 0 Å². The Kier molecular flexibility index (Phi) is 4.98. The third-order valence-electron chi connectivity index (χ3n) is 6.39. The molecular weight excluding hydrogens is 328 g/mol. The van der Waals surface area contributed by atoms with Gasteiger partial charge < -0.3 is 4.90 Å². The molecule has 1 spiro atoms. The standard InChI is InChI=1S/C21H28N2O3/c24-19(15-17-7-2-1-3-8-17)22-13-11-21(16-22)10-6-9-18(21)20(25)23-12-4-5-14-26-23/h1-3,7-8,18H,4-6,9-16H2. The quantitative estimate of drug-likeness (QED) is 0.837. The van der Waals surface area contributed by atoms with E-state index >= 15 is 0 Å². The molecule has 0 aromatic heterocycles. The molecule has 1 aromatic rings. The lowest BCUT2D eigenvalue weighted by molar-refractivity contribution is -0.204. The predicted octanol–water partition coefficient (Wildman–Crippen LogP) is 2.80. The predicted molar refractivity (Wildman–Crippen MR) is 98.0 cm³/mol. The van der Waals surface area contributed by atoms with Crippen molar-refractivity contribution < 1.29 is 14.4 Å². The summed E-state index contributed by atoms with van der Waals surface area (Å²) in [5, 5.41) is 1.61. The van der Waals surface area contributed by atoms with Crippen molar-refractivity contribution in [3.63, 3.8) is 0 Å². The molecule has 2 heterocycles. The van der Waals surface area contributed by atoms with Crippen molar-refractivity contribution in [3.05, 3.63) is 35.9 Å². The molecule has 4 rings (SSSR count). The molecule has 1 aromatic carbocycles. The molecule has 140 valence electrons. The van der Waals surface area contributed by atoms with Gasteiger partial charge in [-0.1, -0.05) is 36.8 Å². The third-order valence-corrected chi connectivity index (χ3v) is 6.39. The maximum absolute atomic E-state index is 13.0. The Morgan fingerprint density at radius 1 is 1.08 bits per heavy atom. The molecule has 3 fully saturated rings. The lowest BCUT2D eigenvalue weighted by Gasteiger charge is -2.35. The largest absolute Gasteiger partial charge is 0.342 e. The molecule has 5 heteroatoms. The van der Waals surface area contributed by atoms with E-state index in [1.54, 1.807) is 5.06 Å². The molecule has 2 saturated heterocycles. The van der Waals surface area contributed by atoms with Gasteiger partial charge in [0.15, 0.2) is 0 Å². The Balaban J connectivity index is 1.42. The highest BCUT2D eigenvalue weighted by Gasteiger charge is 2.52. The van der Waals surface area contributed by atoms with Crippen LogP contribution in [0.5, 0.6) is 0 Å². The van der Waals surface area contributed by atoms with Gasteiger partial charge in [0.2, 0.25) is 11.8 Å². The van der Waals surface area contributed by atoms with Crippen LogP contribution in [0, 0.1) is 11.3 Å². The maximum Gasteiger partial charge on any atom is 0.249 e. The average molecular weight is 356 g/mol. The molecule has 2 amide bonds. The van der Waals surface area contributed by atoms with Crippen molar-refractivity contribution in [2.24, 2.45) is 11.3 Å². The zero-order valence-electron chi connectivity index (χ0n) is 15.4. The number of hydrogen-bond donors (Lipinski definition) is 0. The number of nitrogens with zero attached hydrogens (tertiary/aromatic N) is 2. The van der Waals surface area contributed by atoms with Crippen LogP contribution in [-0.4, -0.2) is 48.0 Å². The SMILES string of the molecule is O=C(Cc1ccccc1)N1CCC2(CCCC2C(=O)N2CCCCO2)C1. The monoisotopic (exact) mass is 356 g/mol. The molecule has 0 radical (unpaired) electrons. The first kappa shape index (κ1) is 17.5. The fraction of sp³-hybridized carbons (Fsp3) is 0.619. The second kappa shape index (κ2) is 7.39. The fourth-order valence-electron chi connectivity index (χ4n) is 4.95. The van der Waals surface area contributed by atoms with E-state index < -0.39 is 0 Å². The van der Waals surface area contributed by atoms with Crippen LogP contribution in [0.1, 0.15) is 44.1 Å². The van der Waals surface area contributed by atoms with E-state index in [0.717, 1.165) is 57.2 Å². The minimum absolute atomic E-state index is 0.00938. The van der Waals surface area contributed by atoms with Gasteiger partial charge in [0.05, 0.1) is 13.0 Å². The highest BCUT2D eigenvalue weighted by atomic mass is 16.7. The first-order valence-corrected chi connectivity index (χ1v) is 9.94. The van der Waals surface area contributed by atoms with Gasteiger partial charge in [0.1, 0.15) is 0 Å². The molecule has 2 unspecified atom stereocenters. The van der Waals surface area contributed by atoms with Crippen molar-refractivity contribution in [2.75, 3.05) is 26.2 Å². The molecule has 26 heavy (non-hydrogen) atoms. The summed E-state index contributed by atoms with van der Waals surface area (Å²) >= 11 is 0. The zero-order valence-corrected chi connectivity index (χ0v) is 15.4. The molecule has 1 saturated carbocycles.